The summed E-state index contributed by atoms with van der Waals surface area (Å²) >= 11 is 0. The highest BCUT2D eigenvalue weighted by Crippen LogP contribution is 2.28. The van der Waals surface area contributed by atoms with E-state index < -0.39 is 0 Å². The molecule has 1 N–H and O–H groups in total. The highest BCUT2D eigenvalue weighted by Gasteiger charge is 2.26. The van der Waals surface area contributed by atoms with Crippen molar-refractivity contribution in [2.45, 2.75) is 90.5 Å². The number of H-pyrrole nitrogens is 1. The molecule has 2 heteroatoms. The summed E-state index contributed by atoms with van der Waals surface area (Å²) in [5, 5.41) is 0. The summed E-state index contributed by atoms with van der Waals surface area (Å²) in [4.78, 5) is 3.27. The smallest absolute Gasteiger partial charge is 0.241 e. The number of rotatable bonds is 14. The molecule has 1 aromatic carbocycles. The second-order valence-corrected chi connectivity index (χ2v) is 7.77. The Morgan fingerprint density at radius 3 is 2.27 bits per heavy atom. The second kappa shape index (κ2) is 12.7. The number of hydrogen-bond donors (Lipinski definition) is 1. The number of hydrogen-bond acceptors (Lipinski definition) is 0. The molecule has 0 saturated heterocycles. The summed E-state index contributed by atoms with van der Waals surface area (Å²) in [5.74, 6) is 0.716. The van der Waals surface area contributed by atoms with E-state index in [9.17, 15) is 0 Å². The van der Waals surface area contributed by atoms with E-state index in [0.29, 0.717) is 12.0 Å². The molecule has 2 atom stereocenters. The Kier molecular flexibility index (Phi) is 10.2. The van der Waals surface area contributed by atoms with E-state index in [4.69, 9.17) is 0 Å². The van der Waals surface area contributed by atoms with Crippen LogP contribution in [-0.4, -0.2) is 4.98 Å². The lowest BCUT2D eigenvalue weighted by molar-refractivity contribution is -0.730. The molecule has 2 aromatic rings. The van der Waals surface area contributed by atoms with Crippen molar-refractivity contribution in [3.8, 4) is 0 Å². The maximum Gasteiger partial charge on any atom is 0.241 e. The van der Waals surface area contributed by atoms with Gasteiger partial charge in [0.2, 0.25) is 6.33 Å². The lowest BCUT2D eigenvalue weighted by Gasteiger charge is -2.25. The Hall–Kier alpha value is -1.57. The number of aromatic nitrogens is 2. The quantitative estimate of drug-likeness (QED) is 0.289. The van der Waals surface area contributed by atoms with Gasteiger partial charge in [0.15, 0.2) is 0 Å². The van der Waals surface area contributed by atoms with Crippen molar-refractivity contribution in [2.75, 3.05) is 0 Å². The van der Waals surface area contributed by atoms with Gasteiger partial charge in [-0.3, -0.25) is 4.98 Å². The van der Waals surface area contributed by atoms with Crippen LogP contribution >= 0.6 is 0 Å². The SMILES string of the molecule is CCCCCCCCC(C(CCCC)Cc1ccccc1)[n+]1cc[nH]c1. The highest BCUT2D eigenvalue weighted by atomic mass is 15.1. The van der Waals surface area contributed by atoms with Crippen molar-refractivity contribution in [3.63, 3.8) is 0 Å². The number of aromatic amines is 1. The number of imidazole rings is 1. The number of unbranched alkanes of at least 4 members (excludes halogenated alkanes) is 6. The molecule has 0 bridgehead atoms. The van der Waals surface area contributed by atoms with Crippen LogP contribution in [0.2, 0.25) is 0 Å². The standard InChI is InChI=1S/C24H38N2/c1-3-5-7-8-9-13-17-24(26-19-18-25-21-26)23(16-6-4-2)20-22-14-11-10-12-15-22/h10-12,14-15,18-19,21,23-24H,3-9,13,16-17,20H2,1-2H3/p+1. The zero-order valence-corrected chi connectivity index (χ0v) is 17.0. The third kappa shape index (κ3) is 7.35. The maximum absolute atomic E-state index is 3.27. The van der Waals surface area contributed by atoms with Crippen molar-refractivity contribution in [1.82, 2.24) is 4.98 Å². The fraction of sp³-hybridized carbons (Fsp3) is 0.625. The van der Waals surface area contributed by atoms with E-state index >= 15 is 0 Å². The van der Waals surface area contributed by atoms with E-state index in [0.717, 1.165) is 0 Å². The maximum atomic E-state index is 3.27. The summed E-state index contributed by atoms with van der Waals surface area (Å²) in [6.07, 6.45) is 21.1. The lowest BCUT2D eigenvalue weighted by atomic mass is 9.85. The Morgan fingerprint density at radius 2 is 1.58 bits per heavy atom. The Labute approximate surface area is 161 Å². The third-order valence-electron chi connectivity index (χ3n) is 5.62. The first-order valence-corrected chi connectivity index (χ1v) is 10.9. The van der Waals surface area contributed by atoms with Crippen molar-refractivity contribution >= 4 is 0 Å². The number of nitrogens with one attached hydrogen (secondary N) is 1. The first-order chi connectivity index (χ1) is 12.8. The molecule has 1 aromatic heterocycles. The van der Waals surface area contributed by atoms with Gasteiger partial charge < -0.3 is 0 Å². The Morgan fingerprint density at radius 1 is 0.846 bits per heavy atom. The van der Waals surface area contributed by atoms with Gasteiger partial charge in [-0.25, -0.2) is 4.57 Å². The molecule has 144 valence electrons. The molecular formula is C24H39N2+. The molecule has 0 aliphatic heterocycles. The molecule has 1 heterocycles. The molecular weight excluding hydrogens is 316 g/mol. The largest absolute Gasteiger partial charge is 0.250 e. The zero-order valence-electron chi connectivity index (χ0n) is 17.0. The summed E-state index contributed by atoms with van der Waals surface area (Å²) in [7, 11) is 0. The summed E-state index contributed by atoms with van der Waals surface area (Å²) in [6.45, 7) is 4.60. The molecule has 0 radical (unpaired) electrons. The van der Waals surface area contributed by atoms with Crippen LogP contribution in [-0.2, 0) is 6.42 Å². The topological polar surface area (TPSA) is 19.7 Å². The zero-order chi connectivity index (χ0) is 18.5. The minimum atomic E-state index is 0.610. The van der Waals surface area contributed by atoms with E-state index in [-0.39, 0.29) is 0 Å². The van der Waals surface area contributed by atoms with E-state index in [1.165, 1.54) is 76.2 Å². The summed E-state index contributed by atoms with van der Waals surface area (Å²) in [5.41, 5.74) is 1.48. The molecule has 0 spiro atoms. The van der Waals surface area contributed by atoms with E-state index in [2.05, 4.69) is 72.5 Å². The van der Waals surface area contributed by atoms with Crippen molar-refractivity contribution in [2.24, 2.45) is 5.92 Å². The number of nitrogens with zero attached hydrogens (tertiary/aromatic N) is 1. The van der Waals surface area contributed by atoms with Gasteiger partial charge in [-0.15, -0.1) is 0 Å². The minimum Gasteiger partial charge on any atom is -0.250 e. The average molecular weight is 356 g/mol. The fourth-order valence-corrected chi connectivity index (χ4v) is 4.08. The highest BCUT2D eigenvalue weighted by molar-refractivity contribution is 5.15. The molecule has 0 aliphatic carbocycles. The fourth-order valence-electron chi connectivity index (χ4n) is 4.08. The van der Waals surface area contributed by atoms with Gasteiger partial charge in [0.05, 0.1) is 0 Å². The molecule has 0 aliphatic rings. The first-order valence-electron chi connectivity index (χ1n) is 10.9. The molecule has 2 rings (SSSR count). The monoisotopic (exact) mass is 355 g/mol. The molecule has 0 amide bonds. The van der Waals surface area contributed by atoms with Crippen LogP contribution < -0.4 is 4.57 Å². The van der Waals surface area contributed by atoms with Crippen LogP contribution in [0.4, 0.5) is 0 Å². The van der Waals surface area contributed by atoms with Gasteiger partial charge in [-0.2, -0.15) is 0 Å². The minimum absolute atomic E-state index is 0.610. The van der Waals surface area contributed by atoms with Crippen LogP contribution in [0.3, 0.4) is 0 Å². The Bertz CT molecular complexity index is 547. The van der Waals surface area contributed by atoms with Gasteiger partial charge in [0, 0.05) is 5.92 Å². The first kappa shape index (κ1) is 20.7. The van der Waals surface area contributed by atoms with Crippen LogP contribution in [0.15, 0.2) is 49.1 Å². The van der Waals surface area contributed by atoms with Gasteiger partial charge >= 0.3 is 0 Å². The van der Waals surface area contributed by atoms with E-state index in [1.54, 1.807) is 0 Å². The van der Waals surface area contributed by atoms with Crippen LogP contribution in [0.5, 0.6) is 0 Å². The van der Waals surface area contributed by atoms with Crippen molar-refractivity contribution in [3.05, 3.63) is 54.6 Å². The molecule has 0 fully saturated rings. The average Bonchev–Trinajstić information content (AvgIpc) is 3.20. The lowest BCUT2D eigenvalue weighted by Crippen LogP contribution is -2.42. The summed E-state index contributed by atoms with van der Waals surface area (Å²) < 4.78 is 2.44. The van der Waals surface area contributed by atoms with Gasteiger partial charge in [-0.05, 0) is 31.2 Å². The summed E-state index contributed by atoms with van der Waals surface area (Å²) in [6, 6.07) is 11.7. The molecule has 0 saturated carbocycles. The van der Waals surface area contributed by atoms with Gasteiger partial charge in [0.25, 0.3) is 0 Å². The van der Waals surface area contributed by atoms with Crippen LogP contribution in [0, 0.1) is 5.92 Å². The van der Waals surface area contributed by atoms with Gasteiger partial charge in [0.1, 0.15) is 18.4 Å². The third-order valence-corrected chi connectivity index (χ3v) is 5.62. The second-order valence-electron chi connectivity index (χ2n) is 7.77. The van der Waals surface area contributed by atoms with E-state index in [1.807, 2.05) is 0 Å². The Balaban J connectivity index is 2.00. The number of benzene rings is 1. The van der Waals surface area contributed by atoms with Crippen LogP contribution in [0.1, 0.15) is 89.7 Å². The predicted octanol–water partition coefficient (Wildman–Crippen LogP) is 6.64. The van der Waals surface area contributed by atoms with Crippen molar-refractivity contribution < 1.29 is 4.57 Å². The van der Waals surface area contributed by atoms with Crippen LogP contribution in [0.25, 0.3) is 0 Å². The van der Waals surface area contributed by atoms with Gasteiger partial charge in [-0.1, -0.05) is 89.1 Å². The predicted molar refractivity (Wildman–Crippen MR) is 111 cm³/mol. The normalized spacial score (nSPS) is 13.6. The molecule has 26 heavy (non-hydrogen) atoms. The molecule has 2 nitrogen and oxygen atoms in total. The van der Waals surface area contributed by atoms with Crippen molar-refractivity contribution in [1.29, 1.82) is 0 Å². The molecule has 2 unspecified atom stereocenters.